The van der Waals surface area contributed by atoms with Gasteiger partial charge in [-0.25, -0.2) is 0 Å². The van der Waals surface area contributed by atoms with Gasteiger partial charge in [-0.2, -0.15) is 0 Å². The van der Waals surface area contributed by atoms with Gasteiger partial charge in [0.25, 0.3) is 0 Å². The van der Waals surface area contributed by atoms with E-state index in [-0.39, 0.29) is 24.3 Å². The van der Waals surface area contributed by atoms with Gasteiger partial charge in [-0.3, -0.25) is 16.1 Å². The van der Waals surface area contributed by atoms with E-state index < -0.39 is 74.6 Å². The van der Waals surface area contributed by atoms with Crippen molar-refractivity contribution in [2.45, 2.75) is 74.6 Å². The summed E-state index contributed by atoms with van der Waals surface area (Å²) in [5, 5.41) is 95.7. The van der Waals surface area contributed by atoms with Gasteiger partial charge in [0.1, 0.15) is 49.3 Å². The van der Waals surface area contributed by atoms with E-state index >= 15 is 0 Å². The maximum atomic E-state index is 10.00. The number of aliphatic hydroxyl groups is 8. The van der Waals surface area contributed by atoms with Crippen molar-refractivity contribution in [3.05, 3.63) is 0 Å². The average molecular weight is 536 g/mol. The molecule has 2 aliphatic rings. The van der Waals surface area contributed by atoms with Crippen LogP contribution in [0.3, 0.4) is 0 Å². The third-order valence-electron chi connectivity index (χ3n) is 5.16. The van der Waals surface area contributed by atoms with Crippen LogP contribution in [0.1, 0.15) is 19.8 Å². The van der Waals surface area contributed by atoms with Crippen molar-refractivity contribution in [1.82, 2.24) is 10.6 Å². The van der Waals surface area contributed by atoms with Gasteiger partial charge in [-0.1, -0.05) is 13.3 Å². The van der Waals surface area contributed by atoms with Crippen molar-refractivity contribution in [1.29, 1.82) is 10.8 Å². The lowest BCUT2D eigenvalue weighted by Gasteiger charge is -2.43. The van der Waals surface area contributed by atoms with E-state index in [9.17, 15) is 30.6 Å². The zero-order chi connectivity index (χ0) is 26.1. The number of aliphatic hydroxyl groups excluding tert-OH is 8. The molecule has 0 bridgehead atoms. The molecule has 0 aromatic carbocycles. The molecule has 0 radical (unpaired) electrons. The van der Waals surface area contributed by atoms with Crippen LogP contribution in [0, 0.1) is 10.8 Å². The molecule has 0 aromatic rings. The van der Waals surface area contributed by atoms with Gasteiger partial charge in [0, 0.05) is 6.54 Å². The zero-order valence-corrected chi connectivity index (χ0v) is 20.0. The van der Waals surface area contributed by atoms with Crippen LogP contribution in [0.5, 0.6) is 0 Å². The number of hydrogen-bond donors (Lipinski definition) is 13. The normalized spacial score (nSPS) is 36.4. The fraction of sp³-hybridized carbons (Fsp3) is 0.889. The number of halogens is 1. The van der Waals surface area contributed by atoms with Crippen LogP contribution in [0.2, 0.25) is 0 Å². The lowest BCUT2D eigenvalue weighted by molar-refractivity contribution is -0.383. The summed E-state index contributed by atoms with van der Waals surface area (Å²) < 4.78 is 15.4. The topological polar surface area (TPSA) is 287 Å². The molecular weight excluding hydrogens is 498 g/mol. The summed E-state index contributed by atoms with van der Waals surface area (Å²) in [6.07, 6.45) is -10.6. The third kappa shape index (κ3) is 8.88. The van der Waals surface area contributed by atoms with Crippen LogP contribution in [-0.4, -0.2) is 134 Å². The maximum Gasteiger partial charge on any atom is 0.224 e. The van der Waals surface area contributed by atoms with Crippen molar-refractivity contribution in [3.63, 3.8) is 0 Å². The van der Waals surface area contributed by atoms with Gasteiger partial charge in [0.2, 0.25) is 5.79 Å². The Labute approximate surface area is 208 Å². The van der Waals surface area contributed by atoms with Crippen LogP contribution in [-0.2, 0) is 14.2 Å². The molecule has 14 N–H and O–H groups in total. The molecule has 2 rings (SSSR count). The van der Waals surface area contributed by atoms with Crippen LogP contribution in [0.4, 0.5) is 0 Å². The minimum atomic E-state index is -2.22. The van der Waals surface area contributed by atoms with Gasteiger partial charge in [-0.05, 0) is 6.42 Å². The lowest BCUT2D eigenvalue weighted by Crippen LogP contribution is -2.62. The van der Waals surface area contributed by atoms with Crippen LogP contribution < -0.4 is 16.4 Å². The summed E-state index contributed by atoms with van der Waals surface area (Å²) >= 11 is 0. The lowest BCUT2D eigenvalue weighted by atomic mass is 9.99. The SMILES string of the molecule is CCCCNC(=N)NC(=N)N.Cl.OC[C@H]1O[C@@](CO)(O[C@H]2O[C@H](CO)[C@@H](O)[C@H](O)[C@H]2O)[C@@H](O)[C@@H]1O. The van der Waals surface area contributed by atoms with E-state index in [2.05, 4.69) is 17.6 Å². The minimum absolute atomic E-state index is 0. The Morgan fingerprint density at radius 3 is 2.03 bits per heavy atom. The number of guanidine groups is 2. The Balaban J connectivity index is 0.000000822. The third-order valence-corrected chi connectivity index (χ3v) is 5.16. The summed E-state index contributed by atoms with van der Waals surface area (Å²) in [6, 6.07) is 0. The molecule has 0 unspecified atom stereocenters. The molecule has 9 atom stereocenters. The van der Waals surface area contributed by atoms with Crippen LogP contribution in [0.15, 0.2) is 0 Å². The predicted octanol–water partition coefficient (Wildman–Crippen LogP) is -5.18. The van der Waals surface area contributed by atoms with Gasteiger partial charge in [0.05, 0.1) is 13.2 Å². The fourth-order valence-electron chi connectivity index (χ4n) is 3.20. The highest BCUT2D eigenvalue weighted by Gasteiger charge is 2.58. The quantitative estimate of drug-likeness (QED) is 0.0785. The summed E-state index contributed by atoms with van der Waals surface area (Å²) in [4.78, 5) is 0. The first kappa shape index (κ1) is 33.6. The molecule has 2 fully saturated rings. The van der Waals surface area contributed by atoms with Gasteiger partial charge >= 0.3 is 0 Å². The number of ether oxygens (including phenoxy) is 3. The Bertz CT molecular complexity index is 652. The molecule has 17 heteroatoms. The molecule has 208 valence electrons. The minimum Gasteiger partial charge on any atom is -0.394 e. The predicted molar refractivity (Wildman–Crippen MR) is 122 cm³/mol. The molecule has 2 saturated heterocycles. The van der Waals surface area contributed by atoms with E-state index in [0.717, 1.165) is 19.4 Å². The first-order valence-corrected chi connectivity index (χ1v) is 10.6. The highest BCUT2D eigenvalue weighted by Crippen LogP contribution is 2.35. The highest BCUT2D eigenvalue weighted by molar-refractivity contribution is 5.94. The van der Waals surface area contributed by atoms with E-state index in [4.69, 9.17) is 41.0 Å². The van der Waals surface area contributed by atoms with Gasteiger partial charge in [-0.15, -0.1) is 12.4 Å². The van der Waals surface area contributed by atoms with E-state index in [1.54, 1.807) is 0 Å². The first-order chi connectivity index (χ1) is 16.0. The van der Waals surface area contributed by atoms with Gasteiger partial charge in [0.15, 0.2) is 18.2 Å². The molecule has 0 spiro atoms. The standard InChI is InChI=1S/C12H22O11.C6H15N5.ClH/c13-1-4-6(16)8(18)9(19)11(21-4)23-12(3-15)10(20)7(17)5(2-14)22-12;1-2-3-4-10-6(9)11-5(7)8;/h4-11,13-20H,1-3H2;2-4H2,1H3,(H6,7,8,9,10,11);1H/t4-,5-,6-,7-,8+,9-,10+,11-,12+;;/m1../s1. The molecule has 0 aromatic heterocycles. The molecule has 16 nitrogen and oxygen atoms in total. The van der Waals surface area contributed by atoms with E-state index in [0.29, 0.717) is 0 Å². The second kappa shape index (κ2) is 15.6. The number of hydrogen-bond acceptors (Lipinski definition) is 13. The van der Waals surface area contributed by atoms with Crippen molar-refractivity contribution < 1.29 is 55.1 Å². The van der Waals surface area contributed by atoms with Crippen molar-refractivity contribution >= 4 is 24.3 Å². The molecule has 2 aliphatic heterocycles. The summed E-state index contributed by atoms with van der Waals surface area (Å²) in [5.41, 5.74) is 4.99. The zero-order valence-electron chi connectivity index (χ0n) is 19.1. The van der Waals surface area contributed by atoms with Crippen LogP contribution >= 0.6 is 12.4 Å². The number of unbranched alkanes of at least 4 members (excludes halogenated alkanes) is 1. The fourth-order valence-corrected chi connectivity index (χ4v) is 3.20. The van der Waals surface area contributed by atoms with Crippen molar-refractivity contribution in [3.8, 4) is 0 Å². The Morgan fingerprint density at radius 2 is 1.57 bits per heavy atom. The number of rotatable bonds is 8. The summed E-state index contributed by atoms with van der Waals surface area (Å²) in [5.74, 6) is -2.34. The second-order valence-corrected chi connectivity index (χ2v) is 7.75. The average Bonchev–Trinajstić information content (AvgIpc) is 3.04. The summed E-state index contributed by atoms with van der Waals surface area (Å²) in [7, 11) is 0. The molecular formula is C18H38ClN5O11. The summed E-state index contributed by atoms with van der Waals surface area (Å²) in [6.45, 7) is 0.496. The Morgan fingerprint density at radius 1 is 0.971 bits per heavy atom. The molecule has 35 heavy (non-hydrogen) atoms. The molecule has 2 heterocycles. The van der Waals surface area contributed by atoms with Gasteiger partial charge < -0.3 is 66.1 Å². The Kier molecular flexibility index (Phi) is 15.0. The smallest absolute Gasteiger partial charge is 0.224 e. The second-order valence-electron chi connectivity index (χ2n) is 7.75. The molecule has 0 amide bonds. The first-order valence-electron chi connectivity index (χ1n) is 10.6. The van der Waals surface area contributed by atoms with Crippen LogP contribution in [0.25, 0.3) is 0 Å². The maximum absolute atomic E-state index is 10.00. The molecule has 0 saturated carbocycles. The van der Waals surface area contributed by atoms with Crippen molar-refractivity contribution in [2.24, 2.45) is 5.73 Å². The van der Waals surface area contributed by atoms with Crippen molar-refractivity contribution in [2.75, 3.05) is 26.4 Å². The number of nitrogens with two attached hydrogens (primary N) is 1. The van der Waals surface area contributed by atoms with E-state index in [1.807, 2.05) is 0 Å². The highest BCUT2D eigenvalue weighted by atomic mass is 35.5. The Hall–Kier alpha value is -1.41. The molecule has 0 aliphatic carbocycles. The largest absolute Gasteiger partial charge is 0.394 e. The van der Waals surface area contributed by atoms with E-state index in [1.165, 1.54) is 0 Å². The number of nitrogens with one attached hydrogen (secondary N) is 4. The monoisotopic (exact) mass is 535 g/mol.